The first kappa shape index (κ1) is 18.5. The quantitative estimate of drug-likeness (QED) is 0.868. The Hall–Kier alpha value is -1.88. The topological polar surface area (TPSA) is 52.7 Å². The van der Waals surface area contributed by atoms with Gasteiger partial charge in [-0.1, -0.05) is 30.3 Å². The first-order valence-electron chi connectivity index (χ1n) is 10.5. The molecule has 0 spiro atoms. The summed E-state index contributed by atoms with van der Waals surface area (Å²) in [6, 6.07) is 11.2. The fraction of sp³-hybridized carbons (Fsp3) is 0.636. The maximum Gasteiger partial charge on any atom is 0.225 e. The summed E-state index contributed by atoms with van der Waals surface area (Å²) in [5.74, 6) is 0.850. The number of nitrogens with zero attached hydrogens (tertiary/aromatic N) is 2. The second-order valence-corrected chi connectivity index (χ2v) is 8.45. The van der Waals surface area contributed by atoms with E-state index in [-0.39, 0.29) is 23.8 Å². The zero-order chi connectivity index (χ0) is 18.8. The standard InChI is InChI=1S/C22H31N3O2/c1-16(17-5-3-2-4-6-17)25-14-11-20(15-25)23-21(26)18-9-12-24(13-10-18)22(27)19-7-8-19/h2-6,16,18-20H,7-15H2,1H3,(H,23,26)/t16-,20+/m0/s1. The Bertz CT molecular complexity index is 665. The molecule has 5 heteroatoms. The zero-order valence-corrected chi connectivity index (χ0v) is 16.3. The van der Waals surface area contributed by atoms with E-state index in [0.717, 1.165) is 58.3 Å². The van der Waals surface area contributed by atoms with Gasteiger partial charge in [-0.25, -0.2) is 0 Å². The van der Waals surface area contributed by atoms with Gasteiger partial charge in [-0.15, -0.1) is 0 Å². The summed E-state index contributed by atoms with van der Waals surface area (Å²) in [7, 11) is 0. The molecule has 27 heavy (non-hydrogen) atoms. The van der Waals surface area contributed by atoms with Crippen LogP contribution < -0.4 is 5.32 Å². The summed E-state index contributed by atoms with van der Waals surface area (Å²) in [6.07, 6.45) is 4.74. The van der Waals surface area contributed by atoms with E-state index in [1.54, 1.807) is 0 Å². The molecule has 4 rings (SSSR count). The lowest BCUT2D eigenvalue weighted by Crippen LogP contribution is -2.46. The maximum atomic E-state index is 12.7. The monoisotopic (exact) mass is 369 g/mol. The molecule has 1 N–H and O–H groups in total. The Kier molecular flexibility index (Phi) is 5.48. The Morgan fingerprint density at radius 2 is 1.67 bits per heavy atom. The third kappa shape index (κ3) is 4.34. The van der Waals surface area contributed by atoms with Crippen molar-refractivity contribution < 1.29 is 9.59 Å². The lowest BCUT2D eigenvalue weighted by atomic mass is 9.95. The minimum atomic E-state index is 0.0637. The van der Waals surface area contributed by atoms with Crippen LogP contribution >= 0.6 is 0 Å². The van der Waals surface area contributed by atoms with Gasteiger partial charge in [0.2, 0.25) is 11.8 Å². The molecule has 2 heterocycles. The van der Waals surface area contributed by atoms with Crippen LogP contribution in [0, 0.1) is 11.8 Å². The number of benzene rings is 1. The van der Waals surface area contributed by atoms with E-state index >= 15 is 0 Å². The molecule has 2 saturated heterocycles. The summed E-state index contributed by atoms with van der Waals surface area (Å²) in [5, 5.41) is 3.28. The minimum absolute atomic E-state index is 0.0637. The first-order chi connectivity index (χ1) is 13.1. The highest BCUT2D eigenvalue weighted by molar-refractivity contribution is 5.82. The number of carbonyl (C=O) groups excluding carboxylic acids is 2. The van der Waals surface area contributed by atoms with Crippen molar-refractivity contribution >= 4 is 11.8 Å². The van der Waals surface area contributed by atoms with Gasteiger partial charge in [0.05, 0.1) is 0 Å². The molecule has 1 aromatic carbocycles. The summed E-state index contributed by atoms with van der Waals surface area (Å²) < 4.78 is 0. The van der Waals surface area contributed by atoms with Gasteiger partial charge in [-0.2, -0.15) is 0 Å². The van der Waals surface area contributed by atoms with E-state index in [9.17, 15) is 9.59 Å². The molecular weight excluding hydrogens is 338 g/mol. The fourth-order valence-corrected chi connectivity index (χ4v) is 4.47. The zero-order valence-electron chi connectivity index (χ0n) is 16.3. The highest BCUT2D eigenvalue weighted by Crippen LogP contribution is 2.32. The van der Waals surface area contributed by atoms with Crippen molar-refractivity contribution in [3.8, 4) is 0 Å². The van der Waals surface area contributed by atoms with Crippen LogP contribution in [0.1, 0.15) is 50.6 Å². The SMILES string of the molecule is C[C@@H](c1ccccc1)N1CC[C@@H](NC(=O)C2CCN(C(=O)C3CC3)CC2)C1. The van der Waals surface area contributed by atoms with Crippen LogP contribution in [0.2, 0.25) is 0 Å². The predicted octanol–water partition coefficient (Wildman–Crippen LogP) is 2.59. The number of carbonyl (C=O) groups is 2. The van der Waals surface area contributed by atoms with E-state index in [1.165, 1.54) is 5.56 Å². The van der Waals surface area contributed by atoms with E-state index in [0.29, 0.717) is 11.9 Å². The molecule has 1 aliphatic carbocycles. The van der Waals surface area contributed by atoms with Crippen molar-refractivity contribution in [3.05, 3.63) is 35.9 Å². The smallest absolute Gasteiger partial charge is 0.225 e. The van der Waals surface area contributed by atoms with Gasteiger partial charge >= 0.3 is 0 Å². The summed E-state index contributed by atoms with van der Waals surface area (Å²) in [6.45, 7) is 5.67. The van der Waals surface area contributed by atoms with E-state index in [2.05, 4.69) is 41.4 Å². The molecule has 2 aliphatic heterocycles. The van der Waals surface area contributed by atoms with Crippen LogP contribution in [0.3, 0.4) is 0 Å². The number of likely N-dealkylation sites (tertiary alicyclic amines) is 2. The van der Waals surface area contributed by atoms with Gasteiger partial charge in [0, 0.05) is 50.1 Å². The van der Waals surface area contributed by atoms with Crippen molar-refractivity contribution in [1.29, 1.82) is 0 Å². The van der Waals surface area contributed by atoms with Gasteiger partial charge in [-0.3, -0.25) is 14.5 Å². The van der Waals surface area contributed by atoms with Gasteiger partial charge in [0.15, 0.2) is 0 Å². The van der Waals surface area contributed by atoms with Crippen LogP contribution in [0.5, 0.6) is 0 Å². The summed E-state index contributed by atoms with van der Waals surface area (Å²) >= 11 is 0. The number of hydrogen-bond acceptors (Lipinski definition) is 3. The number of rotatable bonds is 5. The molecule has 0 radical (unpaired) electrons. The summed E-state index contributed by atoms with van der Waals surface area (Å²) in [5.41, 5.74) is 1.33. The maximum absolute atomic E-state index is 12.7. The average molecular weight is 370 g/mol. The molecule has 0 aromatic heterocycles. The molecule has 0 unspecified atom stereocenters. The van der Waals surface area contributed by atoms with Crippen LogP contribution in [0.15, 0.2) is 30.3 Å². The third-order valence-electron chi connectivity index (χ3n) is 6.50. The predicted molar refractivity (Wildman–Crippen MR) is 105 cm³/mol. The molecular formula is C22H31N3O2. The second kappa shape index (κ2) is 8.01. The molecule has 3 fully saturated rings. The lowest BCUT2D eigenvalue weighted by molar-refractivity contribution is -0.136. The van der Waals surface area contributed by atoms with Crippen LogP contribution in [0.4, 0.5) is 0 Å². The van der Waals surface area contributed by atoms with Gasteiger partial charge < -0.3 is 10.2 Å². The number of amides is 2. The van der Waals surface area contributed by atoms with Crippen molar-refractivity contribution in [2.75, 3.05) is 26.2 Å². The van der Waals surface area contributed by atoms with Crippen molar-refractivity contribution in [3.63, 3.8) is 0 Å². The first-order valence-corrected chi connectivity index (χ1v) is 10.5. The van der Waals surface area contributed by atoms with E-state index in [1.807, 2.05) is 11.0 Å². The molecule has 1 saturated carbocycles. The molecule has 3 aliphatic rings. The van der Waals surface area contributed by atoms with E-state index in [4.69, 9.17) is 0 Å². The fourth-order valence-electron chi connectivity index (χ4n) is 4.47. The highest BCUT2D eigenvalue weighted by atomic mass is 16.2. The van der Waals surface area contributed by atoms with Gasteiger partial charge in [0.1, 0.15) is 0 Å². The van der Waals surface area contributed by atoms with Crippen LogP contribution in [-0.2, 0) is 9.59 Å². The Morgan fingerprint density at radius 3 is 2.33 bits per heavy atom. The third-order valence-corrected chi connectivity index (χ3v) is 6.50. The molecule has 1 aromatic rings. The van der Waals surface area contributed by atoms with Crippen molar-refractivity contribution in [2.45, 2.75) is 51.1 Å². The number of nitrogens with one attached hydrogen (secondary N) is 1. The van der Waals surface area contributed by atoms with Crippen LogP contribution in [-0.4, -0.2) is 53.8 Å². The molecule has 0 bridgehead atoms. The van der Waals surface area contributed by atoms with Gasteiger partial charge in [0.25, 0.3) is 0 Å². The van der Waals surface area contributed by atoms with Gasteiger partial charge in [-0.05, 0) is 44.6 Å². The second-order valence-electron chi connectivity index (χ2n) is 8.45. The van der Waals surface area contributed by atoms with Crippen LogP contribution in [0.25, 0.3) is 0 Å². The number of hydrogen-bond donors (Lipinski definition) is 1. The lowest BCUT2D eigenvalue weighted by Gasteiger charge is -2.32. The normalized spacial score (nSPS) is 25.4. The largest absolute Gasteiger partial charge is 0.352 e. The Labute approximate surface area is 162 Å². The minimum Gasteiger partial charge on any atom is -0.352 e. The molecule has 5 nitrogen and oxygen atoms in total. The Balaban J connectivity index is 1.23. The Morgan fingerprint density at radius 1 is 0.963 bits per heavy atom. The molecule has 2 amide bonds. The van der Waals surface area contributed by atoms with E-state index < -0.39 is 0 Å². The molecule has 146 valence electrons. The van der Waals surface area contributed by atoms with Crippen molar-refractivity contribution in [1.82, 2.24) is 15.1 Å². The van der Waals surface area contributed by atoms with Crippen molar-refractivity contribution in [2.24, 2.45) is 11.8 Å². The average Bonchev–Trinajstić information content (AvgIpc) is 3.46. The number of piperidine rings is 1. The highest BCUT2D eigenvalue weighted by Gasteiger charge is 2.36. The summed E-state index contributed by atoms with van der Waals surface area (Å²) in [4.78, 5) is 29.3. The molecule has 2 atom stereocenters.